The van der Waals surface area contributed by atoms with Crippen molar-refractivity contribution in [1.29, 1.82) is 0 Å². The molecule has 1 N–H and O–H groups in total. The molecule has 2 aromatic rings. The van der Waals surface area contributed by atoms with Gasteiger partial charge in [-0.2, -0.15) is 0 Å². The standard InChI is InChI=1S/C13H11BrClN3O2S/c14-10-4-1-7(15)5-9(10)12-16-17-13(21-6-11(19)20)18(12)8-2-3-8/h1,4-5,8H,2-3,6H2,(H,19,20). The molecule has 1 fully saturated rings. The molecule has 0 aliphatic heterocycles. The van der Waals surface area contributed by atoms with Crippen molar-refractivity contribution in [2.45, 2.75) is 24.0 Å². The lowest BCUT2D eigenvalue weighted by atomic mass is 10.2. The quantitative estimate of drug-likeness (QED) is 0.787. The Hall–Kier alpha value is -1.05. The summed E-state index contributed by atoms with van der Waals surface area (Å²) in [5.74, 6) is -0.169. The number of benzene rings is 1. The molecule has 0 unspecified atom stereocenters. The van der Waals surface area contributed by atoms with Crippen molar-refractivity contribution in [1.82, 2.24) is 14.8 Å². The number of thioether (sulfide) groups is 1. The molecule has 1 heterocycles. The molecular formula is C13H11BrClN3O2S. The van der Waals surface area contributed by atoms with E-state index in [0.717, 1.165) is 28.7 Å². The SMILES string of the molecule is O=C(O)CSc1nnc(-c2cc(Cl)ccc2Br)n1C1CC1. The Balaban J connectivity index is 2.02. The van der Waals surface area contributed by atoms with E-state index < -0.39 is 5.97 Å². The Bertz CT molecular complexity index is 703. The Morgan fingerprint density at radius 3 is 2.90 bits per heavy atom. The molecule has 1 saturated carbocycles. The number of carboxylic acid groups (broad SMARTS) is 1. The van der Waals surface area contributed by atoms with Crippen molar-refractivity contribution in [3.63, 3.8) is 0 Å². The van der Waals surface area contributed by atoms with Gasteiger partial charge in [0.05, 0.1) is 5.75 Å². The lowest BCUT2D eigenvalue weighted by Gasteiger charge is -2.09. The van der Waals surface area contributed by atoms with Crippen molar-refractivity contribution in [2.24, 2.45) is 0 Å². The van der Waals surface area contributed by atoms with Gasteiger partial charge in [-0.1, -0.05) is 39.3 Å². The summed E-state index contributed by atoms with van der Waals surface area (Å²) in [4.78, 5) is 10.7. The average Bonchev–Trinajstić information content (AvgIpc) is 3.19. The third-order valence-corrected chi connectivity index (χ3v) is 4.93. The zero-order chi connectivity index (χ0) is 15.0. The van der Waals surface area contributed by atoms with E-state index in [4.69, 9.17) is 16.7 Å². The topological polar surface area (TPSA) is 68.0 Å². The number of halogens is 2. The first-order valence-corrected chi connectivity index (χ1v) is 8.47. The third-order valence-electron chi connectivity index (χ3n) is 3.07. The summed E-state index contributed by atoms with van der Waals surface area (Å²) in [5.41, 5.74) is 0.865. The van der Waals surface area contributed by atoms with Gasteiger partial charge in [0.15, 0.2) is 11.0 Å². The molecule has 8 heteroatoms. The summed E-state index contributed by atoms with van der Waals surface area (Å²) in [6.07, 6.45) is 2.12. The van der Waals surface area contributed by atoms with Gasteiger partial charge in [-0.15, -0.1) is 10.2 Å². The van der Waals surface area contributed by atoms with Gasteiger partial charge in [-0.05, 0) is 31.0 Å². The first kappa shape index (κ1) is 14.9. The van der Waals surface area contributed by atoms with Crippen LogP contribution in [0.2, 0.25) is 5.02 Å². The molecule has 0 spiro atoms. The lowest BCUT2D eigenvalue weighted by molar-refractivity contribution is -0.133. The molecule has 110 valence electrons. The Morgan fingerprint density at radius 2 is 2.24 bits per heavy atom. The fourth-order valence-electron chi connectivity index (χ4n) is 2.02. The van der Waals surface area contributed by atoms with Crippen LogP contribution in [-0.2, 0) is 4.79 Å². The van der Waals surface area contributed by atoms with Crippen molar-refractivity contribution >= 4 is 45.3 Å². The van der Waals surface area contributed by atoms with Crippen LogP contribution >= 0.6 is 39.3 Å². The molecular weight excluding hydrogens is 378 g/mol. The molecule has 1 aliphatic rings. The van der Waals surface area contributed by atoms with Gasteiger partial charge in [-0.25, -0.2) is 0 Å². The number of aromatic nitrogens is 3. The number of nitrogens with zero attached hydrogens (tertiary/aromatic N) is 3. The van der Waals surface area contributed by atoms with Crippen molar-refractivity contribution in [3.8, 4) is 11.4 Å². The number of hydrogen-bond donors (Lipinski definition) is 1. The monoisotopic (exact) mass is 387 g/mol. The minimum absolute atomic E-state index is 0.0262. The fraction of sp³-hybridized carbons (Fsp3) is 0.308. The number of rotatable bonds is 5. The summed E-state index contributed by atoms with van der Waals surface area (Å²) in [5, 5.41) is 18.5. The summed E-state index contributed by atoms with van der Waals surface area (Å²) in [7, 11) is 0. The zero-order valence-corrected chi connectivity index (χ0v) is 14.0. The lowest BCUT2D eigenvalue weighted by Crippen LogP contribution is -2.03. The molecule has 1 aliphatic carbocycles. The van der Waals surface area contributed by atoms with E-state index in [1.165, 1.54) is 11.8 Å². The Labute approximate surface area is 138 Å². The molecule has 0 amide bonds. The van der Waals surface area contributed by atoms with E-state index in [1.54, 1.807) is 6.07 Å². The minimum Gasteiger partial charge on any atom is -0.481 e. The van der Waals surface area contributed by atoms with E-state index in [2.05, 4.69) is 26.1 Å². The van der Waals surface area contributed by atoms with Gasteiger partial charge in [0.2, 0.25) is 0 Å². The molecule has 5 nitrogen and oxygen atoms in total. The predicted octanol–water partition coefficient (Wildman–Crippen LogP) is 3.87. The normalized spacial score (nSPS) is 14.4. The first-order valence-electron chi connectivity index (χ1n) is 6.31. The van der Waals surface area contributed by atoms with E-state index in [-0.39, 0.29) is 5.75 Å². The second kappa shape index (κ2) is 5.98. The van der Waals surface area contributed by atoms with Crippen LogP contribution in [0.1, 0.15) is 18.9 Å². The van der Waals surface area contributed by atoms with Crippen molar-refractivity contribution < 1.29 is 9.90 Å². The molecule has 21 heavy (non-hydrogen) atoms. The zero-order valence-electron chi connectivity index (χ0n) is 10.8. The Kier molecular flexibility index (Phi) is 4.24. The maximum atomic E-state index is 10.7. The van der Waals surface area contributed by atoms with Crippen molar-refractivity contribution in [2.75, 3.05) is 5.75 Å². The van der Waals surface area contributed by atoms with Gasteiger partial charge in [0.1, 0.15) is 0 Å². The summed E-state index contributed by atoms with van der Waals surface area (Å²) in [6.45, 7) is 0. The molecule has 0 saturated heterocycles. The molecule has 1 aromatic carbocycles. The van der Waals surface area contributed by atoms with E-state index in [9.17, 15) is 4.79 Å². The molecule has 0 atom stereocenters. The second-order valence-corrected chi connectivity index (χ2v) is 6.95. The Morgan fingerprint density at radius 1 is 1.48 bits per heavy atom. The predicted molar refractivity (Wildman–Crippen MR) is 84.8 cm³/mol. The smallest absolute Gasteiger partial charge is 0.313 e. The van der Waals surface area contributed by atoms with E-state index in [0.29, 0.717) is 16.2 Å². The molecule has 1 aromatic heterocycles. The number of carbonyl (C=O) groups is 1. The number of aliphatic carboxylic acids is 1. The third kappa shape index (κ3) is 3.25. The van der Waals surface area contributed by atoms with Gasteiger partial charge < -0.3 is 5.11 Å². The summed E-state index contributed by atoms with van der Waals surface area (Å²) < 4.78 is 2.90. The van der Waals surface area contributed by atoms with Gasteiger partial charge in [0.25, 0.3) is 0 Å². The van der Waals surface area contributed by atoms with Crippen LogP contribution in [-0.4, -0.2) is 31.6 Å². The molecule has 3 rings (SSSR count). The average molecular weight is 389 g/mol. The van der Waals surface area contributed by atoms with Crippen LogP contribution in [0.3, 0.4) is 0 Å². The van der Waals surface area contributed by atoms with Crippen LogP contribution in [0.4, 0.5) is 0 Å². The summed E-state index contributed by atoms with van der Waals surface area (Å²) >= 11 is 10.8. The highest BCUT2D eigenvalue weighted by molar-refractivity contribution is 9.10. The first-order chi connectivity index (χ1) is 10.1. The number of hydrogen-bond acceptors (Lipinski definition) is 4. The second-order valence-electron chi connectivity index (χ2n) is 4.71. The molecule has 0 bridgehead atoms. The largest absolute Gasteiger partial charge is 0.481 e. The van der Waals surface area contributed by atoms with E-state index >= 15 is 0 Å². The van der Waals surface area contributed by atoms with E-state index in [1.807, 2.05) is 16.7 Å². The minimum atomic E-state index is -0.865. The van der Waals surface area contributed by atoms with Crippen LogP contribution in [0.5, 0.6) is 0 Å². The van der Waals surface area contributed by atoms with Crippen LogP contribution in [0.25, 0.3) is 11.4 Å². The van der Waals surface area contributed by atoms with Crippen LogP contribution < -0.4 is 0 Å². The van der Waals surface area contributed by atoms with Crippen LogP contribution in [0, 0.1) is 0 Å². The number of carboxylic acids is 1. The van der Waals surface area contributed by atoms with Crippen molar-refractivity contribution in [3.05, 3.63) is 27.7 Å². The summed E-state index contributed by atoms with van der Waals surface area (Å²) in [6, 6.07) is 5.85. The maximum Gasteiger partial charge on any atom is 0.313 e. The van der Waals surface area contributed by atoms with Gasteiger partial charge >= 0.3 is 5.97 Å². The van der Waals surface area contributed by atoms with Crippen LogP contribution in [0.15, 0.2) is 27.8 Å². The molecule has 0 radical (unpaired) electrons. The highest BCUT2D eigenvalue weighted by atomic mass is 79.9. The maximum absolute atomic E-state index is 10.7. The highest BCUT2D eigenvalue weighted by Gasteiger charge is 2.30. The highest BCUT2D eigenvalue weighted by Crippen LogP contribution is 2.42. The van der Waals surface area contributed by atoms with Gasteiger partial charge in [-0.3, -0.25) is 9.36 Å². The van der Waals surface area contributed by atoms with Gasteiger partial charge in [0, 0.05) is 21.1 Å². The fourth-order valence-corrected chi connectivity index (χ4v) is 3.34.